The van der Waals surface area contributed by atoms with Crippen molar-refractivity contribution in [1.82, 2.24) is 15.5 Å². The Morgan fingerprint density at radius 2 is 1.75 bits per heavy atom. The van der Waals surface area contributed by atoms with E-state index in [1.807, 2.05) is 42.5 Å². The molecule has 0 radical (unpaired) electrons. The summed E-state index contributed by atoms with van der Waals surface area (Å²) >= 11 is 5.47. The first-order valence-corrected chi connectivity index (χ1v) is 8.36. The lowest BCUT2D eigenvalue weighted by atomic mass is 10.1. The van der Waals surface area contributed by atoms with Crippen molar-refractivity contribution in [2.75, 3.05) is 27.7 Å². The zero-order valence-corrected chi connectivity index (χ0v) is 15.3. The Morgan fingerprint density at radius 3 is 2.33 bits per heavy atom. The first-order chi connectivity index (χ1) is 11.6. The number of nitrogens with one attached hydrogen (secondary N) is 2. The highest BCUT2D eigenvalue weighted by molar-refractivity contribution is 7.80. The van der Waals surface area contributed by atoms with Gasteiger partial charge in [0.2, 0.25) is 0 Å². The van der Waals surface area contributed by atoms with Crippen LogP contribution < -0.4 is 15.4 Å². The van der Waals surface area contributed by atoms with Crippen LogP contribution in [-0.4, -0.2) is 37.8 Å². The molecule has 2 aromatic rings. The second-order valence-corrected chi connectivity index (χ2v) is 6.31. The molecule has 4 nitrogen and oxygen atoms in total. The Morgan fingerprint density at radius 1 is 1.08 bits per heavy atom. The van der Waals surface area contributed by atoms with E-state index < -0.39 is 0 Å². The largest absolute Gasteiger partial charge is 0.497 e. The molecule has 0 bridgehead atoms. The summed E-state index contributed by atoms with van der Waals surface area (Å²) in [7, 11) is 5.79. The number of hydrogen-bond acceptors (Lipinski definition) is 3. The van der Waals surface area contributed by atoms with Crippen LogP contribution >= 0.6 is 12.2 Å². The molecule has 0 aliphatic carbocycles. The monoisotopic (exact) mass is 343 g/mol. The van der Waals surface area contributed by atoms with Crippen molar-refractivity contribution in [1.29, 1.82) is 0 Å². The molecule has 0 saturated carbocycles. The number of likely N-dealkylation sites (N-methyl/N-ethyl adjacent to an activating group) is 1. The normalized spacial score (nSPS) is 11.8. The zero-order valence-electron chi connectivity index (χ0n) is 14.5. The third-order valence-electron chi connectivity index (χ3n) is 3.67. The Bertz CT molecular complexity index is 629. The van der Waals surface area contributed by atoms with Gasteiger partial charge >= 0.3 is 0 Å². The second-order valence-electron chi connectivity index (χ2n) is 5.90. The van der Waals surface area contributed by atoms with E-state index in [1.54, 1.807) is 7.11 Å². The van der Waals surface area contributed by atoms with E-state index in [4.69, 9.17) is 17.0 Å². The van der Waals surface area contributed by atoms with Crippen LogP contribution in [0.2, 0.25) is 0 Å². The average Bonchev–Trinajstić information content (AvgIpc) is 2.60. The van der Waals surface area contributed by atoms with Gasteiger partial charge in [-0.3, -0.25) is 0 Å². The van der Waals surface area contributed by atoms with Crippen LogP contribution in [0.1, 0.15) is 17.2 Å². The van der Waals surface area contributed by atoms with E-state index in [-0.39, 0.29) is 6.04 Å². The topological polar surface area (TPSA) is 36.5 Å². The van der Waals surface area contributed by atoms with Crippen LogP contribution in [0.25, 0.3) is 0 Å². The summed E-state index contributed by atoms with van der Waals surface area (Å²) in [6.45, 7) is 1.55. The van der Waals surface area contributed by atoms with Crippen molar-refractivity contribution in [2.24, 2.45) is 0 Å². The summed E-state index contributed by atoms with van der Waals surface area (Å²) in [6.07, 6.45) is 0. The first-order valence-electron chi connectivity index (χ1n) is 7.95. The van der Waals surface area contributed by atoms with Crippen molar-refractivity contribution in [2.45, 2.75) is 12.6 Å². The maximum absolute atomic E-state index is 5.47. The van der Waals surface area contributed by atoms with Crippen LogP contribution in [-0.2, 0) is 6.54 Å². The molecule has 5 heteroatoms. The molecule has 0 aromatic heterocycles. The maximum atomic E-state index is 5.47. The predicted molar refractivity (Wildman–Crippen MR) is 103 cm³/mol. The SMILES string of the molecule is COc1ccc(CNC(=S)N[C@@H](CN(C)C)c2ccccc2)cc1. The number of ether oxygens (including phenoxy) is 1. The summed E-state index contributed by atoms with van der Waals surface area (Å²) in [4.78, 5) is 2.15. The third kappa shape index (κ3) is 5.83. The molecule has 0 amide bonds. The van der Waals surface area contributed by atoms with Gasteiger partial charge in [-0.2, -0.15) is 0 Å². The van der Waals surface area contributed by atoms with Gasteiger partial charge in [0.05, 0.1) is 13.2 Å². The summed E-state index contributed by atoms with van der Waals surface area (Å²) in [5.41, 5.74) is 2.38. The second kappa shape index (κ2) is 9.25. The average molecular weight is 343 g/mol. The molecular formula is C19H25N3OS. The standard InChI is InChI=1S/C19H25N3OS/c1-22(2)14-18(16-7-5-4-6-8-16)21-19(24)20-13-15-9-11-17(23-3)12-10-15/h4-12,18H,13-14H2,1-3H3,(H2,20,21,24)/t18-/m0/s1. The first kappa shape index (κ1) is 18.2. The fourth-order valence-corrected chi connectivity index (χ4v) is 2.63. The molecular weight excluding hydrogens is 318 g/mol. The summed E-state index contributed by atoms with van der Waals surface area (Å²) in [5, 5.41) is 7.34. The molecule has 2 rings (SSSR count). The van der Waals surface area contributed by atoms with Crippen molar-refractivity contribution in [3.05, 3.63) is 65.7 Å². The molecule has 0 aliphatic heterocycles. The minimum absolute atomic E-state index is 0.150. The highest BCUT2D eigenvalue weighted by Gasteiger charge is 2.13. The summed E-state index contributed by atoms with van der Waals surface area (Å²) in [6, 6.07) is 18.5. The minimum Gasteiger partial charge on any atom is -0.497 e. The Balaban J connectivity index is 1.92. The van der Waals surface area contributed by atoms with Crippen molar-refractivity contribution in [3.63, 3.8) is 0 Å². The number of rotatable bonds is 7. The molecule has 2 N–H and O–H groups in total. The third-order valence-corrected chi connectivity index (χ3v) is 3.93. The van der Waals surface area contributed by atoms with E-state index in [2.05, 4.69) is 41.8 Å². The number of hydrogen-bond donors (Lipinski definition) is 2. The quantitative estimate of drug-likeness (QED) is 0.756. The maximum Gasteiger partial charge on any atom is 0.167 e. The Labute approximate surface area is 149 Å². The number of methoxy groups -OCH3 is 1. The molecule has 0 aliphatic rings. The Hall–Kier alpha value is -2.11. The van der Waals surface area contributed by atoms with Crippen molar-refractivity contribution < 1.29 is 4.74 Å². The number of benzene rings is 2. The highest BCUT2D eigenvalue weighted by Crippen LogP contribution is 2.14. The van der Waals surface area contributed by atoms with Gasteiger partial charge in [0, 0.05) is 13.1 Å². The van der Waals surface area contributed by atoms with Gasteiger partial charge in [-0.1, -0.05) is 42.5 Å². The molecule has 24 heavy (non-hydrogen) atoms. The lowest BCUT2D eigenvalue weighted by molar-refractivity contribution is 0.362. The highest BCUT2D eigenvalue weighted by atomic mass is 32.1. The molecule has 128 valence electrons. The van der Waals surface area contributed by atoms with E-state index in [9.17, 15) is 0 Å². The smallest absolute Gasteiger partial charge is 0.167 e. The van der Waals surface area contributed by atoms with Gasteiger partial charge in [-0.05, 0) is 49.6 Å². The van der Waals surface area contributed by atoms with Gasteiger partial charge < -0.3 is 20.3 Å². The van der Waals surface area contributed by atoms with Gasteiger partial charge in [-0.25, -0.2) is 0 Å². The van der Waals surface area contributed by atoms with Crippen LogP contribution in [0.15, 0.2) is 54.6 Å². The van der Waals surface area contributed by atoms with Gasteiger partial charge in [-0.15, -0.1) is 0 Å². The van der Waals surface area contributed by atoms with Crippen LogP contribution in [0.3, 0.4) is 0 Å². The van der Waals surface area contributed by atoms with E-state index in [1.165, 1.54) is 5.56 Å². The van der Waals surface area contributed by atoms with E-state index in [0.717, 1.165) is 17.9 Å². The molecule has 0 fully saturated rings. The molecule has 0 spiro atoms. The number of thiocarbonyl (C=S) groups is 1. The lowest BCUT2D eigenvalue weighted by Gasteiger charge is -2.24. The summed E-state index contributed by atoms with van der Waals surface area (Å²) in [5.74, 6) is 0.856. The van der Waals surface area contributed by atoms with E-state index >= 15 is 0 Å². The fourth-order valence-electron chi connectivity index (χ4n) is 2.42. The molecule has 2 aromatic carbocycles. The molecule has 0 saturated heterocycles. The van der Waals surface area contributed by atoms with E-state index in [0.29, 0.717) is 11.7 Å². The number of nitrogens with zero attached hydrogens (tertiary/aromatic N) is 1. The molecule has 1 atom stereocenters. The lowest BCUT2D eigenvalue weighted by Crippen LogP contribution is -2.40. The molecule has 0 heterocycles. The zero-order chi connectivity index (χ0) is 17.4. The summed E-state index contributed by atoms with van der Waals surface area (Å²) < 4.78 is 5.17. The molecule has 0 unspecified atom stereocenters. The van der Waals surface area contributed by atoms with Crippen molar-refractivity contribution >= 4 is 17.3 Å². The fraction of sp³-hybridized carbons (Fsp3) is 0.316. The van der Waals surface area contributed by atoms with Gasteiger partial charge in [0.1, 0.15) is 5.75 Å². The van der Waals surface area contributed by atoms with Crippen molar-refractivity contribution in [3.8, 4) is 5.75 Å². The van der Waals surface area contributed by atoms with Crippen LogP contribution in [0.4, 0.5) is 0 Å². The van der Waals surface area contributed by atoms with Gasteiger partial charge in [0.25, 0.3) is 0 Å². The van der Waals surface area contributed by atoms with Crippen LogP contribution in [0.5, 0.6) is 5.75 Å². The predicted octanol–water partition coefficient (Wildman–Crippen LogP) is 2.96. The van der Waals surface area contributed by atoms with Gasteiger partial charge in [0.15, 0.2) is 5.11 Å². The van der Waals surface area contributed by atoms with Crippen LogP contribution in [0, 0.1) is 0 Å². The Kier molecular flexibility index (Phi) is 7.03. The minimum atomic E-state index is 0.150.